The molecule has 0 saturated heterocycles. The lowest BCUT2D eigenvalue weighted by Crippen LogP contribution is -2.17. The highest BCUT2D eigenvalue weighted by molar-refractivity contribution is 7.99. The average molecular weight is 561 g/mol. The van der Waals surface area contributed by atoms with E-state index in [1.807, 2.05) is 48.5 Å². The van der Waals surface area contributed by atoms with Crippen molar-refractivity contribution in [2.45, 2.75) is 23.1 Å². The Balaban J connectivity index is 1.25. The van der Waals surface area contributed by atoms with E-state index in [0.29, 0.717) is 16.7 Å². The maximum atomic E-state index is 12.7. The van der Waals surface area contributed by atoms with Crippen molar-refractivity contribution in [1.29, 1.82) is 0 Å². The first-order chi connectivity index (χ1) is 18.8. The van der Waals surface area contributed by atoms with Crippen molar-refractivity contribution in [3.63, 3.8) is 0 Å². The molecule has 0 unspecified atom stereocenters. The third-order valence-corrected chi connectivity index (χ3v) is 8.04. The second kappa shape index (κ2) is 10.2. The third kappa shape index (κ3) is 5.52. The van der Waals surface area contributed by atoms with Crippen molar-refractivity contribution in [3.8, 4) is 16.3 Å². The molecule has 0 radical (unpaired) electrons. The number of benzene rings is 3. The molecule has 39 heavy (non-hydrogen) atoms. The summed E-state index contributed by atoms with van der Waals surface area (Å²) in [6.45, 7) is 2.06. The molecular weight excluding hydrogens is 541 g/mol. The Hall–Kier alpha value is -4.15. The summed E-state index contributed by atoms with van der Waals surface area (Å²) in [6.07, 6.45) is -3.12. The van der Waals surface area contributed by atoms with Crippen molar-refractivity contribution >= 4 is 56.3 Å². The van der Waals surface area contributed by atoms with Gasteiger partial charge in [-0.3, -0.25) is 4.98 Å². The summed E-state index contributed by atoms with van der Waals surface area (Å²) in [5, 5.41) is 17.0. The monoisotopic (exact) mass is 560 g/mol. The topological polar surface area (TPSA) is 59.9 Å². The largest absolute Gasteiger partial charge is 0.573 e. The van der Waals surface area contributed by atoms with E-state index in [-0.39, 0.29) is 5.75 Å². The summed E-state index contributed by atoms with van der Waals surface area (Å²) in [4.78, 5) is 7.01. The normalized spacial score (nSPS) is 11.7. The number of thiophene rings is 1. The van der Waals surface area contributed by atoms with E-state index in [0.717, 1.165) is 36.8 Å². The zero-order valence-electron chi connectivity index (χ0n) is 20.4. The van der Waals surface area contributed by atoms with Crippen molar-refractivity contribution in [2.24, 2.45) is 0 Å². The molecule has 3 heterocycles. The Labute approximate surface area is 229 Å². The van der Waals surface area contributed by atoms with Gasteiger partial charge in [0.15, 0.2) is 5.82 Å². The summed E-state index contributed by atoms with van der Waals surface area (Å²) in [6, 6.07) is 23.8. The number of hydrogen-bond donors (Lipinski definition) is 1. The van der Waals surface area contributed by atoms with Gasteiger partial charge < -0.3 is 10.1 Å². The fourth-order valence-corrected chi connectivity index (χ4v) is 6.02. The number of nitrogens with zero attached hydrogens (tertiary/aromatic N) is 3. The molecule has 0 amide bonds. The van der Waals surface area contributed by atoms with Gasteiger partial charge in [0.25, 0.3) is 0 Å². The van der Waals surface area contributed by atoms with Crippen LogP contribution in [0.5, 0.6) is 5.75 Å². The highest BCUT2D eigenvalue weighted by atomic mass is 32.2. The minimum absolute atomic E-state index is 0.280. The molecule has 0 fully saturated rings. The van der Waals surface area contributed by atoms with E-state index in [4.69, 9.17) is 0 Å². The van der Waals surface area contributed by atoms with Crippen molar-refractivity contribution in [1.82, 2.24) is 15.2 Å². The Morgan fingerprint density at radius 1 is 0.872 bits per heavy atom. The molecule has 6 rings (SSSR count). The molecule has 3 aromatic carbocycles. The van der Waals surface area contributed by atoms with Crippen LogP contribution >= 0.6 is 23.1 Å². The van der Waals surface area contributed by atoms with E-state index >= 15 is 0 Å². The standard InChI is InChI=1S/C29H19F3N4OS2/c1-17-14-26(38-16-17)27-21-4-2-3-5-22(21)28(36-35-27)34-18-6-9-20(10-7-18)39-25-12-13-33-24-11-8-19(15-23(24)25)37-29(30,31)32/h2-16H,1H3,(H,34,36). The number of alkyl halides is 3. The SMILES string of the molecule is Cc1csc(-c2nnc(Nc3ccc(Sc4ccnc5ccc(OC(F)(F)F)cc45)cc3)c3ccccc23)c1. The first-order valence-corrected chi connectivity index (χ1v) is 13.5. The number of halogens is 3. The van der Waals surface area contributed by atoms with Crippen LogP contribution < -0.4 is 10.1 Å². The van der Waals surface area contributed by atoms with Crippen molar-refractivity contribution < 1.29 is 17.9 Å². The zero-order valence-corrected chi connectivity index (χ0v) is 22.0. The first-order valence-electron chi connectivity index (χ1n) is 11.8. The van der Waals surface area contributed by atoms with E-state index in [1.54, 1.807) is 23.6 Å². The molecule has 3 aromatic heterocycles. The van der Waals surface area contributed by atoms with Crippen LogP contribution in [0.1, 0.15) is 5.56 Å². The summed E-state index contributed by atoms with van der Waals surface area (Å²) >= 11 is 3.08. The van der Waals surface area contributed by atoms with Gasteiger partial charge in [0.1, 0.15) is 11.4 Å². The first kappa shape index (κ1) is 25.1. The zero-order chi connectivity index (χ0) is 27.0. The van der Waals surface area contributed by atoms with Gasteiger partial charge >= 0.3 is 6.36 Å². The molecule has 10 heteroatoms. The highest BCUT2D eigenvalue weighted by Crippen LogP contribution is 2.37. The Morgan fingerprint density at radius 3 is 2.41 bits per heavy atom. The van der Waals surface area contributed by atoms with Gasteiger partial charge in [0.2, 0.25) is 0 Å². The molecule has 0 aliphatic heterocycles. The molecule has 0 atom stereocenters. The number of anilines is 2. The van der Waals surface area contributed by atoms with Gasteiger partial charge in [-0.25, -0.2) is 0 Å². The molecule has 1 N–H and O–H groups in total. The molecule has 6 aromatic rings. The molecule has 0 aliphatic carbocycles. The van der Waals surface area contributed by atoms with Gasteiger partial charge in [0.05, 0.1) is 10.4 Å². The second-order valence-electron chi connectivity index (χ2n) is 8.72. The van der Waals surface area contributed by atoms with Crippen LogP contribution in [0.4, 0.5) is 24.7 Å². The van der Waals surface area contributed by atoms with Crippen LogP contribution in [0.15, 0.2) is 100 Å². The van der Waals surface area contributed by atoms with Gasteiger partial charge in [-0.05, 0) is 72.5 Å². The number of hydrogen-bond acceptors (Lipinski definition) is 7. The summed E-state index contributed by atoms with van der Waals surface area (Å²) in [5.74, 6) is 0.373. The number of aryl methyl sites for hydroxylation is 1. The van der Waals surface area contributed by atoms with E-state index in [2.05, 4.69) is 43.6 Å². The number of pyridine rings is 1. The predicted octanol–water partition coefficient (Wildman–Crippen LogP) is 9.01. The number of nitrogens with one attached hydrogen (secondary N) is 1. The van der Waals surface area contributed by atoms with Gasteiger partial charge in [-0.2, -0.15) is 0 Å². The average Bonchev–Trinajstić information content (AvgIpc) is 3.35. The van der Waals surface area contributed by atoms with E-state index < -0.39 is 6.36 Å². The summed E-state index contributed by atoms with van der Waals surface area (Å²) in [7, 11) is 0. The Morgan fingerprint density at radius 2 is 1.67 bits per heavy atom. The molecule has 194 valence electrons. The Bertz CT molecular complexity index is 1800. The molecule has 0 saturated carbocycles. The van der Waals surface area contributed by atoms with Crippen LogP contribution in [-0.2, 0) is 0 Å². The minimum Gasteiger partial charge on any atom is -0.406 e. The highest BCUT2D eigenvalue weighted by Gasteiger charge is 2.31. The summed E-state index contributed by atoms with van der Waals surface area (Å²) in [5.41, 5.74) is 3.46. The molecular formula is C29H19F3N4OS2. The fraction of sp³-hybridized carbons (Fsp3) is 0.0690. The van der Waals surface area contributed by atoms with Crippen molar-refractivity contribution in [2.75, 3.05) is 5.32 Å². The molecule has 0 bridgehead atoms. The van der Waals surface area contributed by atoms with Crippen LogP contribution in [-0.4, -0.2) is 21.5 Å². The maximum Gasteiger partial charge on any atom is 0.573 e. The summed E-state index contributed by atoms with van der Waals surface area (Å²) < 4.78 is 42.2. The fourth-order valence-electron chi connectivity index (χ4n) is 4.19. The predicted molar refractivity (Wildman–Crippen MR) is 150 cm³/mol. The number of fused-ring (bicyclic) bond motifs is 2. The number of ether oxygens (including phenoxy) is 1. The second-order valence-corrected chi connectivity index (χ2v) is 10.7. The van der Waals surface area contributed by atoms with Gasteiger partial charge in [0, 0.05) is 37.8 Å². The lowest BCUT2D eigenvalue weighted by molar-refractivity contribution is -0.274. The van der Waals surface area contributed by atoms with Crippen LogP contribution in [0.25, 0.3) is 32.2 Å². The lowest BCUT2D eigenvalue weighted by Gasteiger charge is -2.12. The minimum atomic E-state index is -4.76. The number of aromatic nitrogens is 3. The smallest absolute Gasteiger partial charge is 0.406 e. The van der Waals surface area contributed by atoms with Gasteiger partial charge in [-0.1, -0.05) is 36.0 Å². The van der Waals surface area contributed by atoms with E-state index in [1.165, 1.54) is 35.5 Å². The Kier molecular flexibility index (Phi) is 6.58. The van der Waals surface area contributed by atoms with Crippen LogP contribution in [0, 0.1) is 6.92 Å². The van der Waals surface area contributed by atoms with Crippen molar-refractivity contribution in [3.05, 3.63) is 96.0 Å². The van der Waals surface area contributed by atoms with Crippen LogP contribution in [0.2, 0.25) is 0 Å². The van der Waals surface area contributed by atoms with Gasteiger partial charge in [-0.15, -0.1) is 34.7 Å². The third-order valence-electron chi connectivity index (χ3n) is 5.90. The van der Waals surface area contributed by atoms with Crippen LogP contribution in [0.3, 0.4) is 0 Å². The molecule has 0 aliphatic rings. The number of rotatable bonds is 6. The maximum absolute atomic E-state index is 12.7. The van der Waals surface area contributed by atoms with E-state index in [9.17, 15) is 13.2 Å². The molecule has 0 spiro atoms. The molecule has 5 nitrogen and oxygen atoms in total. The lowest BCUT2D eigenvalue weighted by atomic mass is 10.1. The quantitative estimate of drug-likeness (QED) is 0.219.